The van der Waals surface area contributed by atoms with Crippen LogP contribution in [0.25, 0.3) is 0 Å². The maximum absolute atomic E-state index is 5.78. The monoisotopic (exact) mass is 270 g/mol. The zero-order valence-corrected chi connectivity index (χ0v) is 12.9. The van der Waals surface area contributed by atoms with Gasteiger partial charge in [0.05, 0.1) is 0 Å². The molecule has 1 aliphatic rings. The lowest BCUT2D eigenvalue weighted by Crippen LogP contribution is -2.44. The van der Waals surface area contributed by atoms with Crippen molar-refractivity contribution in [2.75, 3.05) is 19.8 Å². The van der Waals surface area contributed by atoms with E-state index in [0.29, 0.717) is 19.8 Å². The van der Waals surface area contributed by atoms with Gasteiger partial charge in [-0.15, -0.1) is 0 Å². The van der Waals surface area contributed by atoms with Gasteiger partial charge in [-0.05, 0) is 52.2 Å². The topological polar surface area (TPSA) is 27.7 Å². The van der Waals surface area contributed by atoms with Crippen LogP contribution in [0.4, 0.5) is 0 Å². The Morgan fingerprint density at radius 2 is 1.67 bits per heavy atom. The van der Waals surface area contributed by atoms with Gasteiger partial charge in [0.15, 0.2) is 0 Å². The lowest BCUT2D eigenvalue weighted by Gasteiger charge is -2.25. The van der Waals surface area contributed by atoms with Crippen LogP contribution in [0, 0.1) is 0 Å². The van der Waals surface area contributed by atoms with Crippen LogP contribution in [0.2, 0.25) is 0 Å². The molecular weight excluding hydrogens is 244 g/mol. The molecule has 0 fully saturated rings. The van der Waals surface area contributed by atoms with E-state index in [9.17, 15) is 0 Å². The normalized spacial score (nSPS) is 17.2. The second-order valence-electron chi connectivity index (χ2n) is 4.26. The third-order valence-corrected chi connectivity index (χ3v) is 5.51. The Balaban J connectivity index is 2.73. The van der Waals surface area contributed by atoms with Gasteiger partial charge in [-0.2, -0.15) is 0 Å². The first-order valence-corrected chi connectivity index (χ1v) is 8.86. The van der Waals surface area contributed by atoms with Crippen molar-refractivity contribution in [1.82, 2.24) is 0 Å². The summed E-state index contributed by atoms with van der Waals surface area (Å²) in [7, 11) is -2.60. The summed E-state index contributed by atoms with van der Waals surface area (Å²) in [6.45, 7) is 7.80. The van der Waals surface area contributed by atoms with Crippen LogP contribution >= 0.6 is 0 Å². The number of allylic oxidation sites excluding steroid dienone is 3. The van der Waals surface area contributed by atoms with Crippen LogP contribution in [-0.4, -0.2) is 28.6 Å². The zero-order valence-electron chi connectivity index (χ0n) is 11.9. The summed E-state index contributed by atoms with van der Waals surface area (Å²) in [5.41, 5.74) is 3.43. The van der Waals surface area contributed by atoms with Crippen molar-refractivity contribution < 1.29 is 13.3 Å². The van der Waals surface area contributed by atoms with Crippen LogP contribution in [0.3, 0.4) is 0 Å². The van der Waals surface area contributed by atoms with Gasteiger partial charge < -0.3 is 13.3 Å². The predicted octanol–water partition coefficient (Wildman–Crippen LogP) is 3.63. The second-order valence-corrected chi connectivity index (χ2v) is 6.67. The maximum Gasteiger partial charge on any atom is 0.529 e. The molecule has 0 aromatic rings. The van der Waals surface area contributed by atoms with Gasteiger partial charge in [0.25, 0.3) is 0 Å². The Morgan fingerprint density at radius 3 is 2.11 bits per heavy atom. The standard InChI is InChI=1S/C14H26O3Si/c1-4-15-18(16-5-2,17-6-3)13-12-14-10-8-7-9-11-14/h10,12-13H,4-9,11H2,1-3H3/b13-12-. The highest BCUT2D eigenvalue weighted by Crippen LogP contribution is 2.20. The first kappa shape index (κ1) is 15.6. The van der Waals surface area contributed by atoms with E-state index in [4.69, 9.17) is 13.3 Å². The molecule has 0 unspecified atom stereocenters. The number of rotatable bonds is 8. The van der Waals surface area contributed by atoms with E-state index >= 15 is 0 Å². The summed E-state index contributed by atoms with van der Waals surface area (Å²) < 4.78 is 17.3. The molecule has 0 aliphatic heterocycles. The largest absolute Gasteiger partial charge is 0.529 e. The molecule has 18 heavy (non-hydrogen) atoms. The third-order valence-electron chi connectivity index (χ3n) is 2.86. The molecule has 0 amide bonds. The molecule has 0 atom stereocenters. The smallest absolute Gasteiger partial charge is 0.371 e. The van der Waals surface area contributed by atoms with Gasteiger partial charge >= 0.3 is 8.80 Å². The number of hydrogen-bond donors (Lipinski definition) is 0. The molecule has 0 heterocycles. The molecule has 104 valence electrons. The fourth-order valence-corrected chi connectivity index (χ4v) is 4.26. The van der Waals surface area contributed by atoms with Gasteiger partial charge in [-0.25, -0.2) is 0 Å². The zero-order chi connectivity index (χ0) is 13.3. The van der Waals surface area contributed by atoms with Crippen LogP contribution in [0.5, 0.6) is 0 Å². The van der Waals surface area contributed by atoms with Gasteiger partial charge in [0.1, 0.15) is 0 Å². The molecule has 0 aromatic heterocycles. The first-order chi connectivity index (χ1) is 8.76. The Morgan fingerprint density at radius 1 is 1.06 bits per heavy atom. The summed E-state index contributed by atoms with van der Waals surface area (Å²) in [4.78, 5) is 0. The SMILES string of the molecule is CCO[Si](/C=C\C1=CCCCC1)(OCC)OCC. The van der Waals surface area contributed by atoms with Gasteiger partial charge in [-0.3, -0.25) is 0 Å². The molecular formula is C14H26O3Si. The Labute approximate surface area is 112 Å². The molecule has 0 N–H and O–H groups in total. The Hall–Kier alpha value is -0.423. The summed E-state index contributed by atoms with van der Waals surface area (Å²) in [5, 5.41) is 0. The molecule has 4 heteroatoms. The summed E-state index contributed by atoms with van der Waals surface area (Å²) >= 11 is 0. The van der Waals surface area contributed by atoms with Gasteiger partial charge in [0.2, 0.25) is 0 Å². The quantitative estimate of drug-likeness (QED) is 0.630. The van der Waals surface area contributed by atoms with Crippen molar-refractivity contribution in [3.05, 3.63) is 23.4 Å². The molecule has 0 aromatic carbocycles. The first-order valence-electron chi connectivity index (χ1n) is 7.06. The minimum absolute atomic E-state index is 0.621. The summed E-state index contributed by atoms with van der Waals surface area (Å²) in [6.07, 6.45) is 9.39. The van der Waals surface area contributed by atoms with Crippen LogP contribution in [0.1, 0.15) is 46.5 Å². The highest BCUT2D eigenvalue weighted by Gasteiger charge is 2.37. The maximum atomic E-state index is 5.78. The second kappa shape index (κ2) is 8.64. The molecule has 3 nitrogen and oxygen atoms in total. The fraction of sp³-hybridized carbons (Fsp3) is 0.714. The van der Waals surface area contributed by atoms with Crippen molar-refractivity contribution in [2.24, 2.45) is 0 Å². The van der Waals surface area contributed by atoms with Crippen molar-refractivity contribution in [1.29, 1.82) is 0 Å². The minimum Gasteiger partial charge on any atom is -0.371 e. The highest BCUT2D eigenvalue weighted by molar-refractivity contribution is 6.66. The van der Waals surface area contributed by atoms with Crippen molar-refractivity contribution in [2.45, 2.75) is 46.5 Å². The van der Waals surface area contributed by atoms with Crippen LogP contribution in [0.15, 0.2) is 23.4 Å². The lowest BCUT2D eigenvalue weighted by atomic mass is 10.00. The molecule has 0 bridgehead atoms. The van der Waals surface area contributed by atoms with E-state index in [1.54, 1.807) is 0 Å². The summed E-state index contributed by atoms with van der Waals surface area (Å²) in [5.74, 6) is 0. The summed E-state index contributed by atoms with van der Waals surface area (Å²) in [6, 6.07) is 0. The fourth-order valence-electron chi connectivity index (χ4n) is 2.10. The molecule has 1 rings (SSSR count). The lowest BCUT2D eigenvalue weighted by molar-refractivity contribution is 0.0842. The van der Waals surface area contributed by atoms with E-state index in [0.717, 1.165) is 6.42 Å². The van der Waals surface area contributed by atoms with E-state index in [1.165, 1.54) is 24.8 Å². The van der Waals surface area contributed by atoms with E-state index in [1.807, 2.05) is 26.5 Å². The highest BCUT2D eigenvalue weighted by atomic mass is 28.4. The molecule has 0 spiro atoms. The van der Waals surface area contributed by atoms with E-state index in [2.05, 4.69) is 12.2 Å². The molecule has 0 saturated heterocycles. The van der Waals surface area contributed by atoms with E-state index < -0.39 is 8.80 Å². The average molecular weight is 270 g/mol. The molecule has 1 aliphatic carbocycles. The minimum atomic E-state index is -2.60. The van der Waals surface area contributed by atoms with Crippen molar-refractivity contribution in [3.63, 3.8) is 0 Å². The van der Waals surface area contributed by atoms with Gasteiger partial charge in [0, 0.05) is 19.8 Å². The Kier molecular flexibility index (Phi) is 7.50. The van der Waals surface area contributed by atoms with Crippen molar-refractivity contribution >= 4 is 8.80 Å². The molecule has 0 radical (unpaired) electrons. The molecule has 0 saturated carbocycles. The predicted molar refractivity (Wildman–Crippen MR) is 76.3 cm³/mol. The average Bonchev–Trinajstić information content (AvgIpc) is 2.39. The van der Waals surface area contributed by atoms with Crippen LogP contribution < -0.4 is 0 Å². The van der Waals surface area contributed by atoms with Crippen molar-refractivity contribution in [3.8, 4) is 0 Å². The van der Waals surface area contributed by atoms with E-state index in [-0.39, 0.29) is 0 Å². The van der Waals surface area contributed by atoms with Crippen LogP contribution in [-0.2, 0) is 13.3 Å². The number of hydrogen-bond acceptors (Lipinski definition) is 3. The Bertz CT molecular complexity index is 270. The third kappa shape index (κ3) is 5.06. The van der Waals surface area contributed by atoms with Gasteiger partial charge in [-0.1, -0.05) is 17.7 Å².